The molecular formula is C20H23Cl2N3O2. The molecule has 0 spiro atoms. The van der Waals surface area contributed by atoms with Gasteiger partial charge in [-0.3, -0.25) is 4.99 Å². The summed E-state index contributed by atoms with van der Waals surface area (Å²) in [7, 11) is 1.63. The van der Waals surface area contributed by atoms with E-state index in [1.807, 2.05) is 36.4 Å². The average Bonchev–Trinajstić information content (AvgIpc) is 2.68. The highest BCUT2D eigenvalue weighted by Crippen LogP contribution is 2.40. The van der Waals surface area contributed by atoms with Crippen molar-refractivity contribution in [1.29, 1.82) is 0 Å². The number of hydrogen-bond donors (Lipinski definition) is 2. The van der Waals surface area contributed by atoms with Crippen LogP contribution in [-0.4, -0.2) is 32.8 Å². The van der Waals surface area contributed by atoms with Gasteiger partial charge < -0.3 is 20.5 Å². The topological polar surface area (TPSA) is 68.9 Å². The summed E-state index contributed by atoms with van der Waals surface area (Å²) in [5.41, 5.74) is 7.79. The Morgan fingerprint density at radius 3 is 2.52 bits per heavy atom. The van der Waals surface area contributed by atoms with Crippen molar-refractivity contribution in [3.05, 3.63) is 58.1 Å². The third kappa shape index (κ3) is 4.86. The summed E-state index contributed by atoms with van der Waals surface area (Å²) in [6.07, 6.45) is 1.65. The lowest BCUT2D eigenvalue weighted by atomic mass is 9.74. The van der Waals surface area contributed by atoms with Crippen molar-refractivity contribution in [2.75, 3.05) is 32.2 Å². The second kappa shape index (κ2) is 8.83. The number of methoxy groups -OCH3 is 1. The molecular weight excluding hydrogens is 385 g/mol. The van der Waals surface area contributed by atoms with Crippen LogP contribution >= 0.6 is 23.2 Å². The molecule has 7 heteroatoms. The molecule has 0 bridgehead atoms. The van der Waals surface area contributed by atoms with Crippen LogP contribution in [0.1, 0.15) is 18.4 Å². The first-order valence-corrected chi connectivity index (χ1v) is 9.52. The third-order valence-corrected chi connectivity index (χ3v) is 5.41. The van der Waals surface area contributed by atoms with Gasteiger partial charge in [0.25, 0.3) is 0 Å². The maximum absolute atomic E-state index is 6.49. The molecule has 2 aromatic rings. The minimum Gasteiger partial charge on any atom is -0.497 e. The first-order valence-electron chi connectivity index (χ1n) is 8.77. The maximum Gasteiger partial charge on any atom is 0.193 e. The van der Waals surface area contributed by atoms with Crippen LogP contribution in [0.15, 0.2) is 47.5 Å². The van der Waals surface area contributed by atoms with E-state index < -0.39 is 0 Å². The van der Waals surface area contributed by atoms with Crippen LogP contribution in [0.4, 0.5) is 5.69 Å². The lowest BCUT2D eigenvalue weighted by Gasteiger charge is -2.37. The van der Waals surface area contributed by atoms with Gasteiger partial charge in [-0.15, -0.1) is 0 Å². The normalized spacial score (nSPS) is 16.8. The number of nitrogens with zero attached hydrogens (tertiary/aromatic N) is 1. The van der Waals surface area contributed by atoms with Gasteiger partial charge in [-0.05, 0) is 54.8 Å². The summed E-state index contributed by atoms with van der Waals surface area (Å²) < 4.78 is 10.7. The summed E-state index contributed by atoms with van der Waals surface area (Å²) in [4.78, 5) is 4.60. The fourth-order valence-electron chi connectivity index (χ4n) is 3.29. The molecule has 2 aromatic carbocycles. The Kier molecular flexibility index (Phi) is 6.47. The van der Waals surface area contributed by atoms with Gasteiger partial charge in [-0.2, -0.15) is 0 Å². The van der Waals surface area contributed by atoms with E-state index >= 15 is 0 Å². The molecule has 1 aliphatic rings. The highest BCUT2D eigenvalue weighted by atomic mass is 35.5. The van der Waals surface area contributed by atoms with Crippen LogP contribution in [0.25, 0.3) is 0 Å². The van der Waals surface area contributed by atoms with E-state index in [1.54, 1.807) is 13.2 Å². The lowest BCUT2D eigenvalue weighted by Crippen LogP contribution is -2.38. The molecule has 1 aliphatic heterocycles. The zero-order valence-electron chi connectivity index (χ0n) is 15.2. The quantitative estimate of drug-likeness (QED) is 0.566. The minimum atomic E-state index is -0.216. The summed E-state index contributed by atoms with van der Waals surface area (Å²) in [5, 5.41) is 4.39. The van der Waals surface area contributed by atoms with E-state index in [9.17, 15) is 0 Å². The number of aliphatic imine (C=N–C) groups is 1. The molecule has 0 amide bonds. The van der Waals surface area contributed by atoms with Gasteiger partial charge in [0.15, 0.2) is 5.96 Å². The van der Waals surface area contributed by atoms with E-state index in [1.165, 1.54) is 0 Å². The van der Waals surface area contributed by atoms with E-state index in [0.29, 0.717) is 35.8 Å². The first-order chi connectivity index (χ1) is 13.0. The fraction of sp³-hybridized carbons (Fsp3) is 0.350. The molecule has 0 radical (unpaired) electrons. The Bertz CT molecular complexity index is 803. The highest BCUT2D eigenvalue weighted by molar-refractivity contribution is 6.35. The second-order valence-corrected chi connectivity index (χ2v) is 7.42. The molecule has 3 N–H and O–H groups in total. The van der Waals surface area contributed by atoms with Gasteiger partial charge >= 0.3 is 0 Å². The van der Waals surface area contributed by atoms with Gasteiger partial charge in [0, 0.05) is 34.4 Å². The Morgan fingerprint density at radius 2 is 1.89 bits per heavy atom. The fourth-order valence-corrected chi connectivity index (χ4v) is 3.90. The van der Waals surface area contributed by atoms with Crippen molar-refractivity contribution < 1.29 is 9.47 Å². The standard InChI is InChI=1S/C20H23Cl2N3O2/c1-26-16-5-3-15(4-6-16)25-19(23)24-13-20(8-10-27-11-9-20)17-7-2-14(21)12-18(17)22/h2-7,12H,8-11,13H2,1H3,(H3,23,24,25). The smallest absolute Gasteiger partial charge is 0.193 e. The van der Waals surface area contributed by atoms with Crippen molar-refractivity contribution in [2.24, 2.45) is 10.7 Å². The van der Waals surface area contributed by atoms with E-state index in [0.717, 1.165) is 29.8 Å². The average molecular weight is 408 g/mol. The number of guanidine groups is 1. The lowest BCUT2D eigenvalue weighted by molar-refractivity contribution is 0.0532. The molecule has 27 heavy (non-hydrogen) atoms. The zero-order valence-corrected chi connectivity index (χ0v) is 16.7. The maximum atomic E-state index is 6.49. The molecule has 0 atom stereocenters. The summed E-state index contributed by atoms with van der Waals surface area (Å²) in [6.45, 7) is 1.85. The number of halogens is 2. The molecule has 0 unspecified atom stereocenters. The molecule has 1 heterocycles. The predicted octanol–water partition coefficient (Wildman–Crippen LogP) is 4.48. The summed E-state index contributed by atoms with van der Waals surface area (Å²) >= 11 is 12.6. The van der Waals surface area contributed by atoms with Crippen molar-refractivity contribution in [1.82, 2.24) is 0 Å². The Labute approximate surface area is 169 Å². The molecule has 144 valence electrons. The van der Waals surface area contributed by atoms with Crippen LogP contribution < -0.4 is 15.8 Å². The minimum absolute atomic E-state index is 0.216. The van der Waals surface area contributed by atoms with E-state index in [2.05, 4.69) is 10.3 Å². The third-order valence-electron chi connectivity index (χ3n) is 4.87. The zero-order chi connectivity index (χ0) is 19.3. The van der Waals surface area contributed by atoms with Crippen LogP contribution in [0.2, 0.25) is 10.0 Å². The van der Waals surface area contributed by atoms with Gasteiger partial charge in [-0.1, -0.05) is 29.3 Å². The second-order valence-electron chi connectivity index (χ2n) is 6.57. The van der Waals surface area contributed by atoms with Crippen molar-refractivity contribution in [3.63, 3.8) is 0 Å². The number of benzene rings is 2. The Balaban J connectivity index is 1.78. The van der Waals surface area contributed by atoms with Gasteiger partial charge in [0.1, 0.15) is 5.75 Å². The van der Waals surface area contributed by atoms with Crippen LogP contribution in [-0.2, 0) is 10.2 Å². The van der Waals surface area contributed by atoms with Gasteiger partial charge in [0.05, 0.1) is 13.7 Å². The molecule has 1 saturated heterocycles. The first kappa shape index (κ1) is 19.8. The monoisotopic (exact) mass is 407 g/mol. The Morgan fingerprint density at radius 1 is 1.19 bits per heavy atom. The number of rotatable bonds is 5. The van der Waals surface area contributed by atoms with Crippen molar-refractivity contribution in [3.8, 4) is 5.75 Å². The highest BCUT2D eigenvalue weighted by Gasteiger charge is 2.36. The number of nitrogens with two attached hydrogens (primary N) is 1. The van der Waals surface area contributed by atoms with E-state index in [4.69, 9.17) is 38.4 Å². The van der Waals surface area contributed by atoms with Crippen LogP contribution in [0.3, 0.4) is 0 Å². The molecule has 1 fully saturated rings. The van der Waals surface area contributed by atoms with E-state index in [-0.39, 0.29) is 5.41 Å². The Hall–Kier alpha value is -1.95. The molecule has 0 saturated carbocycles. The SMILES string of the molecule is COc1ccc(NC(N)=NCC2(c3ccc(Cl)cc3Cl)CCOCC2)cc1. The number of nitrogens with one attached hydrogen (secondary N) is 1. The predicted molar refractivity (Wildman–Crippen MR) is 111 cm³/mol. The largest absolute Gasteiger partial charge is 0.497 e. The molecule has 3 rings (SSSR count). The summed E-state index contributed by atoms with van der Waals surface area (Å²) in [6, 6.07) is 13.1. The number of anilines is 1. The van der Waals surface area contributed by atoms with Crippen molar-refractivity contribution in [2.45, 2.75) is 18.3 Å². The summed E-state index contributed by atoms with van der Waals surface area (Å²) in [5.74, 6) is 1.14. The van der Waals surface area contributed by atoms with Crippen molar-refractivity contribution >= 4 is 34.8 Å². The molecule has 5 nitrogen and oxygen atoms in total. The van der Waals surface area contributed by atoms with Gasteiger partial charge in [-0.25, -0.2) is 0 Å². The van der Waals surface area contributed by atoms with Crippen LogP contribution in [0.5, 0.6) is 5.75 Å². The van der Waals surface area contributed by atoms with Crippen LogP contribution in [0, 0.1) is 0 Å². The molecule has 0 aliphatic carbocycles. The number of hydrogen-bond acceptors (Lipinski definition) is 3. The molecule has 0 aromatic heterocycles. The number of ether oxygens (including phenoxy) is 2. The van der Waals surface area contributed by atoms with Gasteiger partial charge in [0.2, 0.25) is 0 Å².